The van der Waals surface area contributed by atoms with Crippen molar-refractivity contribution in [1.29, 1.82) is 0 Å². The van der Waals surface area contributed by atoms with Gasteiger partial charge in [0.2, 0.25) is 16.1 Å². The van der Waals surface area contributed by atoms with E-state index in [1.54, 1.807) is 58.7 Å². The predicted molar refractivity (Wildman–Crippen MR) is 337 cm³/mol. The summed E-state index contributed by atoms with van der Waals surface area (Å²) in [4.78, 5) is 48.4. The maximum Gasteiger partial charge on any atom is 0.416 e. The van der Waals surface area contributed by atoms with Crippen LogP contribution in [0.3, 0.4) is 0 Å². The van der Waals surface area contributed by atoms with Crippen LogP contribution in [-0.2, 0) is 70.7 Å². The van der Waals surface area contributed by atoms with Crippen LogP contribution in [0.4, 0.5) is 21.2 Å². The summed E-state index contributed by atoms with van der Waals surface area (Å²) in [7, 11) is -1.48. The molecule has 10 rings (SSSR count). The molecule has 0 spiro atoms. The van der Waals surface area contributed by atoms with Crippen LogP contribution in [-0.4, -0.2) is 220 Å². The average molecular weight is 1360 g/mol. The fraction of sp³-hybridized carbons (Fsp3) is 0.797. The number of aromatic nitrogens is 8. The van der Waals surface area contributed by atoms with Crippen molar-refractivity contribution < 1.29 is 85.4 Å². The summed E-state index contributed by atoms with van der Waals surface area (Å²) in [5, 5.41) is 20.2. The summed E-state index contributed by atoms with van der Waals surface area (Å²) in [5.41, 5.74) is -2.66. The molecule has 9 atom stereocenters. The minimum Gasteiger partial charge on any atom is -0.443 e. The van der Waals surface area contributed by atoms with Crippen molar-refractivity contribution in [1.82, 2.24) is 39.5 Å². The van der Waals surface area contributed by atoms with Crippen molar-refractivity contribution in [3.63, 3.8) is 0 Å². The molecule has 91 heavy (non-hydrogen) atoms. The minimum atomic E-state index is -3.14. The average Bonchev–Trinajstić information content (AvgIpc) is 1.60. The summed E-state index contributed by atoms with van der Waals surface area (Å²) in [6, 6.07) is -0.232. The number of nitrogens with zero attached hydrogens (tertiary/aromatic N) is 10. The summed E-state index contributed by atoms with van der Waals surface area (Å²) in [6.07, 6.45) is 3.89. The lowest BCUT2D eigenvalue weighted by molar-refractivity contribution is -0.219. The molecule has 32 heteroatoms. The van der Waals surface area contributed by atoms with Crippen molar-refractivity contribution in [2.24, 2.45) is 0 Å². The number of anilines is 2. The number of amides is 2. The van der Waals surface area contributed by atoms with Crippen LogP contribution in [0.1, 0.15) is 139 Å². The third-order valence-corrected chi connectivity index (χ3v) is 21.5. The Hall–Kier alpha value is -3.80. The molecule has 4 aromatic rings. The fourth-order valence-electron chi connectivity index (χ4n) is 12.5. The van der Waals surface area contributed by atoms with Crippen LogP contribution >= 0.6 is 37.5 Å². The number of halogens is 2. The molecule has 2 amide bonds. The Morgan fingerprint density at radius 3 is 1.35 bits per heavy atom. The van der Waals surface area contributed by atoms with Crippen LogP contribution in [0.25, 0.3) is 22.1 Å². The number of carbonyl (C=O) groups excluding carboxylic acids is 2. The van der Waals surface area contributed by atoms with E-state index in [0.29, 0.717) is 33.7 Å². The summed E-state index contributed by atoms with van der Waals surface area (Å²) in [5.74, 6) is -1.25. The van der Waals surface area contributed by atoms with Crippen molar-refractivity contribution >= 4 is 83.4 Å². The van der Waals surface area contributed by atoms with E-state index in [9.17, 15) is 23.8 Å². The third-order valence-electron chi connectivity index (χ3n) is 16.8. The molecular formula is C59H92Cl2N10O18P2. The van der Waals surface area contributed by atoms with Gasteiger partial charge in [0.1, 0.15) is 62.1 Å². The number of rotatable bonds is 21. The zero-order chi connectivity index (χ0) is 66.6. The normalized spacial score (nSPS) is 26.0. The molecule has 0 bridgehead atoms. The molecule has 2 saturated carbocycles. The first-order chi connectivity index (χ1) is 42.4. The quantitative estimate of drug-likeness (QED) is 0.0460. The Balaban J connectivity index is 0.000000215. The van der Waals surface area contributed by atoms with E-state index in [-0.39, 0.29) is 62.1 Å². The molecule has 28 nitrogen and oxygen atoms in total. The fourth-order valence-corrected chi connectivity index (χ4v) is 15.1. The van der Waals surface area contributed by atoms with Crippen LogP contribution in [0, 0.1) is 0 Å². The monoisotopic (exact) mass is 1360 g/mol. The van der Waals surface area contributed by atoms with Crippen LogP contribution in [0.15, 0.2) is 12.4 Å². The molecule has 6 aliphatic rings. The van der Waals surface area contributed by atoms with E-state index < -0.39 is 109 Å². The predicted octanol–water partition coefficient (Wildman–Crippen LogP) is 10.1. The number of fused-ring (bicyclic) bond motifs is 4. The number of aliphatic hydroxyl groups is 1. The van der Waals surface area contributed by atoms with Gasteiger partial charge in [-0.05, 0) is 145 Å². The molecule has 6 fully saturated rings. The molecule has 0 radical (unpaired) electrons. The molecule has 4 aliphatic heterocycles. The number of hydrogen-bond acceptors (Lipinski definition) is 24. The highest BCUT2D eigenvalue weighted by atomic mass is 35.5. The van der Waals surface area contributed by atoms with Gasteiger partial charge in [-0.2, -0.15) is 30.1 Å². The zero-order valence-electron chi connectivity index (χ0n) is 55.3. The van der Waals surface area contributed by atoms with E-state index >= 15 is 0 Å². The Labute approximate surface area is 541 Å². The highest BCUT2D eigenvalue weighted by molar-refractivity contribution is 7.64. The van der Waals surface area contributed by atoms with Crippen LogP contribution in [0.5, 0.6) is 0 Å². The van der Waals surface area contributed by atoms with Gasteiger partial charge in [-0.1, -0.05) is 25.7 Å². The number of ether oxygens (including phenoxy) is 13. The van der Waals surface area contributed by atoms with Crippen LogP contribution in [0.2, 0.25) is 10.6 Å². The van der Waals surface area contributed by atoms with E-state index in [1.165, 1.54) is 34.7 Å². The molecule has 4 aromatic heterocycles. The van der Waals surface area contributed by atoms with Gasteiger partial charge in [0.15, 0.2) is 52.3 Å². The molecule has 1 unspecified atom stereocenters. The standard InChI is InChI=1S/C30H47ClN5O9P.C29H45ClN5O9P/c1-28(2,3)45-27(37)35(18-12-10-11-13-18)23-19-14-32-36(24(19)34-26(31)33-23)25-22-21(43-29(4,5)44-22)20(42-25)15-41-30(16-39-6,17-40-7)46(8,9)38;1-27(2,3)44-26(36)34(17-11-9-10-12-17)22-18-15-31-35(23(18)33-25(30)32-22)24-21-20(42-28(4,5)43-21)19(41-24)16-40-29(37,13-14-39-6)45(7,8)38/h14,18,20-22,25H,10-13,15-17H2,1-9H3;15,17,19-21,24,37H,9-14,16H2,1-8H3/t20-,21-,22-,25-;19-,20-,21-,24-,29?/m11/s1. The molecule has 8 heterocycles. The zero-order valence-corrected chi connectivity index (χ0v) is 58.6. The highest BCUT2D eigenvalue weighted by Crippen LogP contribution is 2.55. The lowest BCUT2D eigenvalue weighted by atomic mass is 10.1. The maximum absolute atomic E-state index is 13.6. The lowest BCUT2D eigenvalue weighted by Gasteiger charge is -2.37. The Kier molecular flexibility index (Phi) is 21.5. The van der Waals surface area contributed by atoms with E-state index in [1.807, 2.05) is 55.4 Å². The first kappa shape index (κ1) is 71.5. The van der Waals surface area contributed by atoms with Crippen molar-refractivity contribution in [3.8, 4) is 0 Å². The molecule has 4 saturated heterocycles. The third kappa shape index (κ3) is 15.7. The van der Waals surface area contributed by atoms with Gasteiger partial charge in [-0.15, -0.1) is 0 Å². The Morgan fingerprint density at radius 2 is 1.00 bits per heavy atom. The summed E-state index contributed by atoms with van der Waals surface area (Å²) < 4.78 is 107. The maximum atomic E-state index is 13.6. The second-order valence-electron chi connectivity index (χ2n) is 27.7. The van der Waals surface area contributed by atoms with Gasteiger partial charge in [0.25, 0.3) is 0 Å². The van der Waals surface area contributed by atoms with E-state index in [4.69, 9.17) is 84.8 Å². The van der Waals surface area contributed by atoms with Crippen molar-refractivity contribution in [2.45, 2.75) is 222 Å². The molecular weight excluding hydrogens is 1270 g/mol. The first-order valence-electron chi connectivity index (χ1n) is 30.9. The second kappa shape index (κ2) is 27.4. The minimum absolute atomic E-state index is 0.0119. The number of hydrogen-bond donors (Lipinski definition) is 1. The topological polar surface area (TPSA) is 302 Å². The van der Waals surface area contributed by atoms with E-state index in [0.717, 1.165) is 51.4 Å². The van der Waals surface area contributed by atoms with Gasteiger partial charge in [-0.25, -0.2) is 19.0 Å². The smallest absolute Gasteiger partial charge is 0.416 e. The van der Waals surface area contributed by atoms with Gasteiger partial charge < -0.3 is 75.8 Å². The molecule has 1 N–H and O–H groups in total. The largest absolute Gasteiger partial charge is 0.443 e. The summed E-state index contributed by atoms with van der Waals surface area (Å²) in [6.45, 7) is 24.5. The van der Waals surface area contributed by atoms with Crippen molar-refractivity contribution in [2.75, 3.05) is 90.8 Å². The van der Waals surface area contributed by atoms with Crippen molar-refractivity contribution in [3.05, 3.63) is 23.0 Å². The number of methoxy groups -OCH3 is 3. The summed E-state index contributed by atoms with van der Waals surface area (Å²) >= 11 is 13.0. The second-order valence-corrected chi connectivity index (χ2v) is 35.3. The SMILES string of the molecule is COCC(COC)(OC[C@H]1O[C@@H](n2ncc3c(N(C(=O)OC(C)(C)C)C4CCCC4)nc(Cl)nc32)[C@@H]2OC(C)(C)O[C@@H]21)P(C)(C)=O.COCCC(O)(OC[C@H]1O[C@@H](n2ncc3c(N(C(=O)OC(C)(C)C)C4CCCC4)nc(Cl)nc32)[C@@H]2OC(C)(C)O[C@@H]21)P(C)(C)=O. The van der Waals surface area contributed by atoms with Gasteiger partial charge >= 0.3 is 12.2 Å². The lowest BCUT2D eigenvalue weighted by Crippen LogP contribution is -2.45. The van der Waals surface area contributed by atoms with Gasteiger partial charge in [0.05, 0.1) is 56.2 Å². The van der Waals surface area contributed by atoms with Crippen LogP contribution < -0.4 is 9.80 Å². The molecule has 510 valence electrons. The molecule has 2 aliphatic carbocycles. The van der Waals surface area contributed by atoms with E-state index in [2.05, 4.69) is 30.1 Å². The van der Waals surface area contributed by atoms with Gasteiger partial charge in [-0.3, -0.25) is 9.80 Å². The highest BCUT2D eigenvalue weighted by Gasteiger charge is 2.59. The number of carbonyl (C=O) groups is 2. The Bertz CT molecular complexity index is 3320. The molecule has 0 aromatic carbocycles. The Morgan fingerprint density at radius 1 is 0.615 bits per heavy atom. The first-order valence-corrected chi connectivity index (χ1v) is 36.8. The van der Waals surface area contributed by atoms with Gasteiger partial charge in [0, 0.05) is 39.8 Å².